The van der Waals surface area contributed by atoms with Gasteiger partial charge in [0.25, 0.3) is 0 Å². The van der Waals surface area contributed by atoms with Gasteiger partial charge in [-0.05, 0) is 25.1 Å². The standard InChI is InChI=1S/C14H13FN2S/c1-10-14(18-9-16-10)6-8-17-7-5-11-12(15)3-2-4-13(11)17/h2-5,7,9H,6,8H2,1H3. The van der Waals surface area contributed by atoms with Crippen molar-refractivity contribution in [2.45, 2.75) is 19.9 Å². The maximum atomic E-state index is 13.6. The van der Waals surface area contributed by atoms with Crippen molar-refractivity contribution in [3.8, 4) is 0 Å². The summed E-state index contributed by atoms with van der Waals surface area (Å²) in [6, 6.07) is 7.05. The number of aryl methyl sites for hydroxylation is 3. The molecule has 0 bridgehead atoms. The number of rotatable bonds is 3. The lowest BCUT2D eigenvalue weighted by Gasteiger charge is -2.04. The van der Waals surface area contributed by atoms with Gasteiger partial charge in [-0.25, -0.2) is 9.37 Å². The first-order valence-electron chi connectivity index (χ1n) is 5.88. The van der Waals surface area contributed by atoms with Gasteiger partial charge in [-0.2, -0.15) is 0 Å². The van der Waals surface area contributed by atoms with E-state index < -0.39 is 0 Å². The number of thiazole rings is 1. The number of benzene rings is 1. The molecule has 0 radical (unpaired) electrons. The van der Waals surface area contributed by atoms with Crippen molar-refractivity contribution < 1.29 is 4.39 Å². The molecule has 0 saturated heterocycles. The van der Waals surface area contributed by atoms with Gasteiger partial charge in [0.05, 0.1) is 16.7 Å². The molecule has 0 amide bonds. The zero-order valence-electron chi connectivity index (χ0n) is 10.1. The summed E-state index contributed by atoms with van der Waals surface area (Å²) in [5, 5.41) is 0.693. The van der Waals surface area contributed by atoms with Gasteiger partial charge >= 0.3 is 0 Å². The van der Waals surface area contributed by atoms with Gasteiger partial charge in [0, 0.05) is 29.4 Å². The zero-order chi connectivity index (χ0) is 12.5. The highest BCUT2D eigenvalue weighted by Gasteiger charge is 2.06. The van der Waals surface area contributed by atoms with Crippen molar-refractivity contribution in [3.63, 3.8) is 0 Å². The number of halogens is 1. The van der Waals surface area contributed by atoms with E-state index in [1.807, 2.05) is 30.8 Å². The van der Waals surface area contributed by atoms with E-state index in [1.54, 1.807) is 17.4 Å². The molecule has 2 aromatic heterocycles. The van der Waals surface area contributed by atoms with Crippen LogP contribution in [0.15, 0.2) is 36.0 Å². The molecule has 0 atom stereocenters. The second-order valence-electron chi connectivity index (χ2n) is 4.29. The molecule has 0 aliphatic heterocycles. The lowest BCUT2D eigenvalue weighted by molar-refractivity contribution is 0.639. The van der Waals surface area contributed by atoms with E-state index in [0.29, 0.717) is 5.39 Å². The van der Waals surface area contributed by atoms with Crippen LogP contribution in [0.25, 0.3) is 10.9 Å². The molecule has 92 valence electrons. The Labute approximate surface area is 109 Å². The third-order valence-electron chi connectivity index (χ3n) is 3.19. The van der Waals surface area contributed by atoms with E-state index in [9.17, 15) is 4.39 Å². The Hall–Kier alpha value is -1.68. The van der Waals surface area contributed by atoms with Crippen LogP contribution in [0.5, 0.6) is 0 Å². The van der Waals surface area contributed by atoms with Crippen molar-refractivity contribution in [3.05, 3.63) is 52.4 Å². The summed E-state index contributed by atoms with van der Waals surface area (Å²) in [5.41, 5.74) is 3.93. The van der Waals surface area contributed by atoms with Crippen LogP contribution in [0.2, 0.25) is 0 Å². The Morgan fingerprint density at radius 2 is 2.22 bits per heavy atom. The largest absolute Gasteiger partial charge is 0.347 e. The van der Waals surface area contributed by atoms with Gasteiger partial charge in [-0.15, -0.1) is 11.3 Å². The van der Waals surface area contributed by atoms with E-state index in [1.165, 1.54) is 10.9 Å². The molecule has 0 unspecified atom stereocenters. The van der Waals surface area contributed by atoms with Gasteiger partial charge in [-0.3, -0.25) is 0 Å². The van der Waals surface area contributed by atoms with Crippen LogP contribution >= 0.6 is 11.3 Å². The fraction of sp³-hybridized carbons (Fsp3) is 0.214. The first kappa shape index (κ1) is 11.4. The van der Waals surface area contributed by atoms with E-state index in [4.69, 9.17) is 0 Å². The molecular weight excluding hydrogens is 247 g/mol. The Morgan fingerprint density at radius 1 is 1.33 bits per heavy atom. The second-order valence-corrected chi connectivity index (χ2v) is 5.23. The average Bonchev–Trinajstić information content (AvgIpc) is 2.94. The number of hydrogen-bond acceptors (Lipinski definition) is 2. The van der Waals surface area contributed by atoms with Crippen LogP contribution in [0, 0.1) is 12.7 Å². The number of nitrogens with zero attached hydrogens (tertiary/aromatic N) is 2. The first-order chi connectivity index (χ1) is 8.75. The lowest BCUT2D eigenvalue weighted by Crippen LogP contribution is -1.99. The van der Waals surface area contributed by atoms with Crippen molar-refractivity contribution in [1.82, 2.24) is 9.55 Å². The molecule has 2 heterocycles. The molecular formula is C14H13FN2S. The quantitative estimate of drug-likeness (QED) is 0.700. The minimum Gasteiger partial charge on any atom is -0.347 e. The highest BCUT2D eigenvalue weighted by molar-refractivity contribution is 7.09. The van der Waals surface area contributed by atoms with Crippen LogP contribution in [0.3, 0.4) is 0 Å². The molecule has 0 spiro atoms. The third-order valence-corrected chi connectivity index (χ3v) is 4.18. The highest BCUT2D eigenvalue weighted by Crippen LogP contribution is 2.20. The van der Waals surface area contributed by atoms with Gasteiger partial charge in [0.2, 0.25) is 0 Å². The van der Waals surface area contributed by atoms with Crippen molar-refractivity contribution >= 4 is 22.2 Å². The summed E-state index contributed by atoms with van der Waals surface area (Å²) in [6.45, 7) is 2.88. The zero-order valence-corrected chi connectivity index (χ0v) is 10.9. The molecule has 0 aliphatic rings. The van der Waals surface area contributed by atoms with Crippen molar-refractivity contribution in [2.24, 2.45) is 0 Å². The Bertz CT molecular complexity index is 684. The molecule has 1 aromatic carbocycles. The van der Waals surface area contributed by atoms with E-state index in [0.717, 1.165) is 24.2 Å². The van der Waals surface area contributed by atoms with Gasteiger partial charge in [-0.1, -0.05) is 6.07 Å². The normalized spacial score (nSPS) is 11.2. The van der Waals surface area contributed by atoms with E-state index >= 15 is 0 Å². The van der Waals surface area contributed by atoms with Crippen molar-refractivity contribution in [1.29, 1.82) is 0 Å². The molecule has 0 saturated carbocycles. The van der Waals surface area contributed by atoms with Crippen LogP contribution in [-0.2, 0) is 13.0 Å². The molecule has 4 heteroatoms. The lowest BCUT2D eigenvalue weighted by atomic mass is 10.2. The van der Waals surface area contributed by atoms with Crippen LogP contribution in [-0.4, -0.2) is 9.55 Å². The fourth-order valence-electron chi connectivity index (χ4n) is 2.17. The van der Waals surface area contributed by atoms with Gasteiger partial charge in [0.15, 0.2) is 0 Å². The first-order valence-corrected chi connectivity index (χ1v) is 6.76. The summed E-state index contributed by atoms with van der Waals surface area (Å²) in [5.74, 6) is -0.153. The predicted molar refractivity (Wildman–Crippen MR) is 72.5 cm³/mol. The van der Waals surface area contributed by atoms with Crippen LogP contribution in [0.1, 0.15) is 10.6 Å². The molecule has 3 rings (SSSR count). The monoisotopic (exact) mass is 260 g/mol. The molecule has 0 aliphatic carbocycles. The Kier molecular flexibility index (Phi) is 2.88. The van der Waals surface area contributed by atoms with Gasteiger partial charge in [0.1, 0.15) is 5.82 Å². The van der Waals surface area contributed by atoms with E-state index in [2.05, 4.69) is 9.55 Å². The number of fused-ring (bicyclic) bond motifs is 1. The fourth-order valence-corrected chi connectivity index (χ4v) is 2.94. The topological polar surface area (TPSA) is 17.8 Å². The summed E-state index contributed by atoms with van der Waals surface area (Å²) >= 11 is 1.68. The Balaban J connectivity index is 1.87. The second kappa shape index (κ2) is 4.53. The molecule has 3 aromatic rings. The highest BCUT2D eigenvalue weighted by atomic mass is 32.1. The van der Waals surface area contributed by atoms with E-state index in [-0.39, 0.29) is 5.82 Å². The maximum absolute atomic E-state index is 13.6. The summed E-state index contributed by atoms with van der Waals surface area (Å²) in [4.78, 5) is 5.54. The number of aromatic nitrogens is 2. The summed E-state index contributed by atoms with van der Waals surface area (Å²) in [7, 11) is 0. The number of hydrogen-bond donors (Lipinski definition) is 0. The molecule has 0 N–H and O–H groups in total. The third kappa shape index (κ3) is 1.93. The van der Waals surface area contributed by atoms with Crippen molar-refractivity contribution in [2.75, 3.05) is 0 Å². The molecule has 0 fully saturated rings. The summed E-state index contributed by atoms with van der Waals surface area (Å²) in [6.07, 6.45) is 2.89. The minimum atomic E-state index is -0.153. The smallest absolute Gasteiger partial charge is 0.132 e. The van der Waals surface area contributed by atoms with Gasteiger partial charge < -0.3 is 4.57 Å². The van der Waals surface area contributed by atoms with Crippen LogP contribution in [0.4, 0.5) is 4.39 Å². The maximum Gasteiger partial charge on any atom is 0.132 e. The molecule has 18 heavy (non-hydrogen) atoms. The van der Waals surface area contributed by atoms with Crippen LogP contribution < -0.4 is 0 Å². The summed E-state index contributed by atoms with van der Waals surface area (Å²) < 4.78 is 15.7. The molecule has 2 nitrogen and oxygen atoms in total. The minimum absolute atomic E-state index is 0.153. The predicted octanol–water partition coefficient (Wildman–Crippen LogP) is 3.79. The Morgan fingerprint density at radius 3 is 3.00 bits per heavy atom. The SMILES string of the molecule is Cc1ncsc1CCn1ccc2c(F)cccc21. The average molecular weight is 260 g/mol.